The quantitative estimate of drug-likeness (QED) is 0.802. The summed E-state index contributed by atoms with van der Waals surface area (Å²) >= 11 is 0. The number of nitrogens with two attached hydrogens (primary N) is 2. The van der Waals surface area contributed by atoms with Crippen LogP contribution in [0.25, 0.3) is 0 Å². The fourth-order valence-electron chi connectivity index (χ4n) is 2.33. The molecule has 17 heavy (non-hydrogen) atoms. The normalized spacial score (nSPS) is 20.4. The van der Waals surface area contributed by atoms with Crippen molar-refractivity contribution in [1.29, 1.82) is 0 Å². The van der Waals surface area contributed by atoms with E-state index in [2.05, 4.69) is 21.8 Å². The van der Waals surface area contributed by atoms with Gasteiger partial charge in [0.15, 0.2) is 0 Å². The number of nitrogens with zero attached hydrogens (tertiary/aromatic N) is 3. The monoisotopic (exact) mass is 235 g/mol. The molecule has 1 unspecified atom stereocenters. The summed E-state index contributed by atoms with van der Waals surface area (Å²) in [6.45, 7) is 5.03. The molecule has 1 aromatic heterocycles. The van der Waals surface area contributed by atoms with Crippen LogP contribution >= 0.6 is 0 Å². The van der Waals surface area contributed by atoms with Crippen LogP contribution in [0.2, 0.25) is 0 Å². The summed E-state index contributed by atoms with van der Waals surface area (Å²) in [4.78, 5) is 10.8. The van der Waals surface area contributed by atoms with Gasteiger partial charge in [0.2, 0.25) is 0 Å². The highest BCUT2D eigenvalue weighted by Gasteiger charge is 2.22. The van der Waals surface area contributed by atoms with Crippen LogP contribution in [0.5, 0.6) is 0 Å². The van der Waals surface area contributed by atoms with Crippen molar-refractivity contribution in [1.82, 2.24) is 14.9 Å². The molecule has 1 aromatic rings. The Balaban J connectivity index is 1.86. The Labute approximate surface area is 102 Å². The summed E-state index contributed by atoms with van der Waals surface area (Å²) < 4.78 is 0. The molecular weight excluding hydrogens is 214 g/mol. The third-order valence-corrected chi connectivity index (χ3v) is 3.47. The molecule has 1 aliphatic heterocycles. The molecule has 2 heterocycles. The van der Waals surface area contributed by atoms with Gasteiger partial charge >= 0.3 is 0 Å². The van der Waals surface area contributed by atoms with Crippen LogP contribution in [-0.4, -0.2) is 34.0 Å². The molecule has 2 rings (SSSR count). The molecule has 1 atom stereocenters. The molecule has 0 saturated carbocycles. The molecule has 1 aliphatic rings. The first-order valence-corrected chi connectivity index (χ1v) is 6.20. The van der Waals surface area contributed by atoms with Crippen molar-refractivity contribution in [3.8, 4) is 0 Å². The van der Waals surface area contributed by atoms with Gasteiger partial charge < -0.3 is 11.5 Å². The van der Waals surface area contributed by atoms with Crippen molar-refractivity contribution in [3.63, 3.8) is 0 Å². The predicted octanol–water partition coefficient (Wildman–Crippen LogP) is 0.618. The summed E-state index contributed by atoms with van der Waals surface area (Å²) in [7, 11) is 0. The molecule has 1 saturated heterocycles. The smallest absolute Gasteiger partial charge is 0.144 e. The third kappa shape index (κ3) is 3.38. The number of aromatic nitrogens is 2. The van der Waals surface area contributed by atoms with Gasteiger partial charge in [0.05, 0.1) is 6.54 Å². The summed E-state index contributed by atoms with van der Waals surface area (Å²) in [6, 6.07) is 2.02. The van der Waals surface area contributed by atoms with Crippen LogP contribution in [0.4, 0.5) is 5.82 Å². The van der Waals surface area contributed by atoms with E-state index in [1.54, 1.807) is 12.3 Å². The van der Waals surface area contributed by atoms with Gasteiger partial charge in [-0.1, -0.05) is 0 Å². The van der Waals surface area contributed by atoms with E-state index in [-0.39, 0.29) is 0 Å². The van der Waals surface area contributed by atoms with E-state index >= 15 is 0 Å². The topological polar surface area (TPSA) is 81.1 Å². The van der Waals surface area contributed by atoms with Gasteiger partial charge in [-0.15, -0.1) is 0 Å². The summed E-state index contributed by atoms with van der Waals surface area (Å²) in [6.07, 6.45) is 4.05. The summed E-state index contributed by atoms with van der Waals surface area (Å²) in [5.41, 5.74) is 11.6. The zero-order valence-electron chi connectivity index (χ0n) is 10.3. The molecular formula is C12H21N5. The van der Waals surface area contributed by atoms with E-state index in [0.29, 0.717) is 17.8 Å². The van der Waals surface area contributed by atoms with Crippen molar-refractivity contribution in [3.05, 3.63) is 18.1 Å². The highest BCUT2D eigenvalue weighted by atomic mass is 15.2. The second kappa shape index (κ2) is 5.42. The van der Waals surface area contributed by atoms with Crippen molar-refractivity contribution in [2.24, 2.45) is 11.7 Å². The first-order valence-electron chi connectivity index (χ1n) is 6.20. The summed E-state index contributed by atoms with van der Waals surface area (Å²) in [5, 5.41) is 0. The number of hydrogen-bond donors (Lipinski definition) is 2. The second-order valence-corrected chi connectivity index (χ2v) is 4.87. The van der Waals surface area contributed by atoms with Crippen molar-refractivity contribution in [2.75, 3.05) is 18.8 Å². The molecule has 0 aliphatic carbocycles. The SMILES string of the molecule is CC(N)C1CCN(Cc2nccc(N)n2)CC1. The van der Waals surface area contributed by atoms with Crippen LogP contribution in [0, 0.1) is 5.92 Å². The summed E-state index contributed by atoms with van der Waals surface area (Å²) in [5.74, 6) is 2.01. The fraction of sp³-hybridized carbons (Fsp3) is 0.667. The lowest BCUT2D eigenvalue weighted by Gasteiger charge is -2.33. The second-order valence-electron chi connectivity index (χ2n) is 4.87. The number of rotatable bonds is 3. The average molecular weight is 235 g/mol. The van der Waals surface area contributed by atoms with Gasteiger partial charge in [0.25, 0.3) is 0 Å². The lowest BCUT2D eigenvalue weighted by atomic mass is 9.91. The van der Waals surface area contributed by atoms with Crippen LogP contribution < -0.4 is 11.5 Å². The zero-order valence-corrected chi connectivity index (χ0v) is 10.3. The van der Waals surface area contributed by atoms with Crippen LogP contribution in [-0.2, 0) is 6.54 Å². The van der Waals surface area contributed by atoms with Crippen molar-refractivity contribution in [2.45, 2.75) is 32.4 Å². The Morgan fingerprint density at radius 1 is 1.47 bits per heavy atom. The molecule has 1 fully saturated rings. The third-order valence-electron chi connectivity index (χ3n) is 3.47. The molecule has 0 spiro atoms. The minimum atomic E-state index is 0.306. The Bertz CT molecular complexity index is 358. The lowest BCUT2D eigenvalue weighted by Crippen LogP contribution is -2.39. The molecule has 94 valence electrons. The Kier molecular flexibility index (Phi) is 3.91. The lowest BCUT2D eigenvalue weighted by molar-refractivity contribution is 0.162. The molecule has 5 nitrogen and oxygen atoms in total. The predicted molar refractivity (Wildman–Crippen MR) is 68.1 cm³/mol. The van der Waals surface area contributed by atoms with Crippen molar-refractivity contribution < 1.29 is 0 Å². The maximum atomic E-state index is 5.93. The molecule has 0 amide bonds. The van der Waals surface area contributed by atoms with Crippen molar-refractivity contribution >= 4 is 5.82 Å². The highest BCUT2D eigenvalue weighted by molar-refractivity contribution is 5.24. The fourth-order valence-corrected chi connectivity index (χ4v) is 2.33. The van der Waals surface area contributed by atoms with Crippen LogP contribution in [0.3, 0.4) is 0 Å². The number of likely N-dealkylation sites (tertiary alicyclic amines) is 1. The Hall–Kier alpha value is -1.20. The first kappa shape index (κ1) is 12.3. The standard InChI is InChI=1S/C12H21N5/c1-9(13)10-3-6-17(7-4-10)8-12-15-5-2-11(14)16-12/h2,5,9-10H,3-4,6-8,13H2,1H3,(H2,14,15,16). The molecule has 0 aromatic carbocycles. The average Bonchev–Trinajstić information content (AvgIpc) is 2.29. The van der Waals surface area contributed by atoms with Gasteiger partial charge in [-0.25, -0.2) is 9.97 Å². The van der Waals surface area contributed by atoms with E-state index in [4.69, 9.17) is 11.5 Å². The molecule has 5 heteroatoms. The maximum Gasteiger partial charge on any atom is 0.144 e. The van der Waals surface area contributed by atoms with E-state index < -0.39 is 0 Å². The maximum absolute atomic E-state index is 5.93. The van der Waals surface area contributed by atoms with Gasteiger partial charge in [-0.05, 0) is 44.8 Å². The largest absolute Gasteiger partial charge is 0.384 e. The molecule has 0 bridgehead atoms. The van der Waals surface area contributed by atoms with E-state index in [1.807, 2.05) is 0 Å². The van der Waals surface area contributed by atoms with E-state index in [1.165, 1.54) is 12.8 Å². The Morgan fingerprint density at radius 3 is 2.76 bits per heavy atom. The van der Waals surface area contributed by atoms with Gasteiger partial charge in [-0.2, -0.15) is 0 Å². The molecule has 4 N–H and O–H groups in total. The molecule has 0 radical (unpaired) electrons. The number of hydrogen-bond acceptors (Lipinski definition) is 5. The van der Waals surface area contributed by atoms with Crippen LogP contribution in [0.1, 0.15) is 25.6 Å². The van der Waals surface area contributed by atoms with Gasteiger partial charge in [0.1, 0.15) is 11.6 Å². The van der Waals surface area contributed by atoms with E-state index in [0.717, 1.165) is 25.5 Å². The van der Waals surface area contributed by atoms with Gasteiger partial charge in [0, 0.05) is 12.2 Å². The first-order chi connectivity index (χ1) is 8.15. The van der Waals surface area contributed by atoms with E-state index in [9.17, 15) is 0 Å². The minimum absolute atomic E-state index is 0.306. The highest BCUT2D eigenvalue weighted by Crippen LogP contribution is 2.20. The number of nitrogen functional groups attached to an aromatic ring is 1. The number of anilines is 1. The van der Waals surface area contributed by atoms with Crippen LogP contribution in [0.15, 0.2) is 12.3 Å². The van der Waals surface area contributed by atoms with Gasteiger partial charge in [-0.3, -0.25) is 4.90 Å². The number of piperidine rings is 1. The minimum Gasteiger partial charge on any atom is -0.384 e. The Morgan fingerprint density at radius 2 is 2.18 bits per heavy atom. The zero-order chi connectivity index (χ0) is 12.3.